The number of ether oxygens (including phenoxy) is 2. The number of carbonyl (C=O) groups is 2. The van der Waals surface area contributed by atoms with Crippen molar-refractivity contribution in [1.29, 1.82) is 0 Å². The smallest absolute Gasteiger partial charge is 0.410 e. The van der Waals surface area contributed by atoms with Gasteiger partial charge in [0, 0.05) is 20.6 Å². The molecule has 1 aromatic heterocycles. The third kappa shape index (κ3) is 7.29. The van der Waals surface area contributed by atoms with Crippen molar-refractivity contribution in [3.63, 3.8) is 0 Å². The Balaban J connectivity index is 0.00000441. The summed E-state index contributed by atoms with van der Waals surface area (Å²) in [5.41, 5.74) is 1.04. The summed E-state index contributed by atoms with van der Waals surface area (Å²) in [5.74, 6) is 0.431. The molecule has 3 atom stereocenters. The third-order valence-corrected chi connectivity index (χ3v) is 6.91. The highest BCUT2D eigenvalue weighted by Gasteiger charge is 2.40. The molecule has 2 saturated heterocycles. The molecule has 2 amide bonds. The number of oxazole rings is 1. The summed E-state index contributed by atoms with van der Waals surface area (Å²) in [6, 6.07) is 9.44. The number of benzene rings is 1. The molecular formula is C30H42N4O5. The number of likely N-dealkylation sites (tertiary alicyclic amines) is 1. The maximum Gasteiger partial charge on any atom is 0.410 e. The van der Waals surface area contributed by atoms with Gasteiger partial charge >= 0.3 is 6.09 Å². The van der Waals surface area contributed by atoms with Gasteiger partial charge in [-0.3, -0.25) is 4.79 Å². The molecule has 1 unspecified atom stereocenters. The number of anilines is 1. The second-order valence-electron chi connectivity index (χ2n) is 11.1. The van der Waals surface area contributed by atoms with E-state index in [0.29, 0.717) is 56.6 Å². The van der Waals surface area contributed by atoms with Gasteiger partial charge in [-0.05, 0) is 64.2 Å². The molecule has 0 aliphatic carbocycles. The van der Waals surface area contributed by atoms with Crippen molar-refractivity contribution in [3.8, 4) is 0 Å². The van der Waals surface area contributed by atoms with E-state index in [2.05, 4.69) is 23.5 Å². The Bertz CT molecular complexity index is 1140. The minimum absolute atomic E-state index is 0. The van der Waals surface area contributed by atoms with E-state index in [4.69, 9.17) is 13.9 Å². The Morgan fingerprint density at radius 1 is 1.21 bits per heavy atom. The lowest BCUT2D eigenvalue weighted by Gasteiger charge is -2.34. The van der Waals surface area contributed by atoms with E-state index in [9.17, 15) is 9.59 Å². The van der Waals surface area contributed by atoms with Crippen LogP contribution in [0.5, 0.6) is 0 Å². The average Bonchev–Trinajstić information content (AvgIpc) is 3.52. The summed E-state index contributed by atoms with van der Waals surface area (Å²) >= 11 is 0. The quantitative estimate of drug-likeness (QED) is 0.464. The minimum Gasteiger partial charge on any atom is -0.444 e. The van der Waals surface area contributed by atoms with Crippen LogP contribution in [0.1, 0.15) is 64.9 Å². The van der Waals surface area contributed by atoms with Crippen molar-refractivity contribution in [2.24, 2.45) is 0 Å². The fourth-order valence-electron chi connectivity index (χ4n) is 5.09. The predicted molar refractivity (Wildman–Crippen MR) is 153 cm³/mol. The van der Waals surface area contributed by atoms with Crippen LogP contribution in [0, 0.1) is 0 Å². The summed E-state index contributed by atoms with van der Waals surface area (Å²) in [6.07, 6.45) is 5.95. The maximum atomic E-state index is 13.6. The van der Waals surface area contributed by atoms with Crippen molar-refractivity contribution in [1.82, 2.24) is 15.2 Å². The largest absolute Gasteiger partial charge is 0.444 e. The van der Waals surface area contributed by atoms with Gasteiger partial charge in [0.2, 0.25) is 5.91 Å². The van der Waals surface area contributed by atoms with Gasteiger partial charge in [0.15, 0.2) is 5.76 Å². The highest BCUT2D eigenvalue weighted by Crippen LogP contribution is 2.28. The molecule has 9 heteroatoms. The van der Waals surface area contributed by atoms with Gasteiger partial charge < -0.3 is 29.0 Å². The molecule has 39 heavy (non-hydrogen) atoms. The molecule has 0 spiro atoms. The molecule has 0 saturated carbocycles. The number of aromatic nitrogens is 1. The highest BCUT2D eigenvalue weighted by atomic mass is 16.6. The standard InChI is InChI=1S/C30H40N4O5.H2/c1-6-24-26(7-2)38-28(32-24)33-16-12-11-15-25(33)27(35)31-22-17-23(20-37-19-21-13-9-8-10-14-21)34(18-22)29(36)39-30(3,4)5;/h6-10,13-14,22-23,25H,1-2,11-12,15-20H2,3-5H3,(H,31,35);1H/t22-,23?,25+;/m1./s1. The van der Waals surface area contributed by atoms with Gasteiger partial charge in [-0.1, -0.05) is 43.5 Å². The van der Waals surface area contributed by atoms with Crippen LogP contribution < -0.4 is 10.2 Å². The van der Waals surface area contributed by atoms with Crippen molar-refractivity contribution in [3.05, 3.63) is 60.5 Å². The monoisotopic (exact) mass is 538 g/mol. The molecule has 0 bridgehead atoms. The molecule has 212 valence electrons. The fourth-order valence-corrected chi connectivity index (χ4v) is 5.09. The van der Waals surface area contributed by atoms with Crippen molar-refractivity contribution >= 4 is 30.2 Å². The van der Waals surface area contributed by atoms with Crippen molar-refractivity contribution in [2.45, 2.75) is 76.8 Å². The molecule has 1 N–H and O–H groups in total. The molecule has 3 heterocycles. The SMILES string of the molecule is C=Cc1nc(N2CCCC[C@H]2C(=O)N[C@@H]2CC(COCc3ccccc3)N(C(=O)OC(C)(C)C)C2)oc1C=C.[HH]. The summed E-state index contributed by atoms with van der Waals surface area (Å²) in [4.78, 5) is 34.7. The summed E-state index contributed by atoms with van der Waals surface area (Å²) in [5, 5.41) is 3.19. The zero-order valence-corrected chi connectivity index (χ0v) is 23.2. The highest BCUT2D eigenvalue weighted by molar-refractivity contribution is 5.85. The average molecular weight is 539 g/mol. The molecule has 1 aromatic carbocycles. The molecule has 4 rings (SSSR count). The number of amides is 2. The van der Waals surface area contributed by atoms with Gasteiger partial charge in [0.05, 0.1) is 19.3 Å². The van der Waals surface area contributed by atoms with Crippen LogP contribution in [0.3, 0.4) is 0 Å². The van der Waals surface area contributed by atoms with Crippen LogP contribution in [0.2, 0.25) is 0 Å². The normalized spacial score (nSPS) is 21.5. The third-order valence-electron chi connectivity index (χ3n) is 6.91. The Morgan fingerprint density at radius 2 is 1.97 bits per heavy atom. The van der Waals surface area contributed by atoms with E-state index in [1.807, 2.05) is 56.0 Å². The lowest BCUT2D eigenvalue weighted by Crippen LogP contribution is -2.52. The fraction of sp³-hybridized carbons (Fsp3) is 0.500. The molecule has 0 radical (unpaired) electrons. The summed E-state index contributed by atoms with van der Waals surface area (Å²) in [6.45, 7) is 14.9. The van der Waals surface area contributed by atoms with Gasteiger partial charge in [-0.25, -0.2) is 4.79 Å². The van der Waals surface area contributed by atoms with Gasteiger partial charge in [-0.15, -0.1) is 0 Å². The predicted octanol–water partition coefficient (Wildman–Crippen LogP) is 5.28. The maximum absolute atomic E-state index is 13.6. The first kappa shape index (κ1) is 28.4. The van der Waals surface area contributed by atoms with Gasteiger partial charge in [-0.2, -0.15) is 4.98 Å². The topological polar surface area (TPSA) is 97.1 Å². The Kier molecular flexibility index (Phi) is 9.12. The first-order valence-corrected chi connectivity index (χ1v) is 13.6. The number of hydrogen-bond donors (Lipinski definition) is 1. The number of nitrogens with one attached hydrogen (secondary N) is 1. The Labute approximate surface area is 232 Å². The number of hydrogen-bond acceptors (Lipinski definition) is 7. The van der Waals surface area contributed by atoms with Crippen LogP contribution >= 0.6 is 0 Å². The van der Waals surface area contributed by atoms with E-state index >= 15 is 0 Å². The lowest BCUT2D eigenvalue weighted by molar-refractivity contribution is -0.123. The van der Waals surface area contributed by atoms with Crippen molar-refractivity contribution < 1.29 is 24.9 Å². The van der Waals surface area contributed by atoms with E-state index in [-0.39, 0.29) is 19.4 Å². The second-order valence-corrected chi connectivity index (χ2v) is 11.1. The van der Waals surface area contributed by atoms with Gasteiger partial charge in [0.1, 0.15) is 17.3 Å². The minimum atomic E-state index is -0.624. The lowest BCUT2D eigenvalue weighted by atomic mass is 10.0. The number of rotatable bonds is 9. The number of piperidine rings is 1. The van der Waals surface area contributed by atoms with E-state index < -0.39 is 17.7 Å². The summed E-state index contributed by atoms with van der Waals surface area (Å²) in [7, 11) is 0. The Morgan fingerprint density at radius 3 is 2.64 bits per heavy atom. The zero-order chi connectivity index (χ0) is 28.0. The first-order valence-electron chi connectivity index (χ1n) is 13.6. The van der Waals surface area contributed by atoms with Crippen molar-refractivity contribution in [2.75, 3.05) is 24.6 Å². The number of nitrogens with zero attached hydrogens (tertiary/aromatic N) is 3. The first-order chi connectivity index (χ1) is 18.7. The van der Waals surface area contributed by atoms with Crippen LogP contribution in [0.4, 0.5) is 10.8 Å². The molecule has 9 nitrogen and oxygen atoms in total. The summed E-state index contributed by atoms with van der Waals surface area (Å²) < 4.78 is 17.6. The molecule has 2 fully saturated rings. The van der Waals surface area contributed by atoms with Gasteiger partial charge in [0.25, 0.3) is 6.01 Å². The Hall–Kier alpha value is -3.59. The van der Waals surface area contributed by atoms with E-state index in [1.54, 1.807) is 17.1 Å². The molecule has 2 aliphatic rings. The molecular weight excluding hydrogens is 496 g/mol. The zero-order valence-electron chi connectivity index (χ0n) is 23.2. The van der Waals surface area contributed by atoms with Crippen LogP contribution in [0.15, 0.2) is 47.9 Å². The second kappa shape index (κ2) is 12.5. The van der Waals surface area contributed by atoms with Crippen LogP contribution in [-0.4, -0.2) is 65.3 Å². The van der Waals surface area contributed by atoms with E-state index in [0.717, 1.165) is 18.4 Å². The molecule has 2 aliphatic heterocycles. The van der Waals surface area contributed by atoms with E-state index in [1.165, 1.54) is 0 Å². The van der Waals surface area contributed by atoms with Crippen LogP contribution in [-0.2, 0) is 20.9 Å². The van der Waals surface area contributed by atoms with Crippen LogP contribution in [0.25, 0.3) is 12.2 Å². The molecule has 2 aromatic rings. The number of carbonyl (C=O) groups excluding carboxylic acids is 2.